The smallest absolute Gasteiger partial charge is 0.376 e. The van der Waals surface area contributed by atoms with Gasteiger partial charge in [0.15, 0.2) is 0 Å². The summed E-state index contributed by atoms with van der Waals surface area (Å²) in [5.41, 5.74) is 0. The molecule has 0 saturated carbocycles. The number of hydrogen-bond donors (Lipinski definition) is 0. The third kappa shape index (κ3) is 10.5. The topological polar surface area (TPSA) is 27.7 Å². The normalized spacial score (nSPS) is 18.0. The summed E-state index contributed by atoms with van der Waals surface area (Å²) in [5, 5.41) is 0. The van der Waals surface area contributed by atoms with Crippen LogP contribution in [0.15, 0.2) is 0 Å². The highest BCUT2D eigenvalue weighted by molar-refractivity contribution is 6.36. The van der Waals surface area contributed by atoms with Crippen LogP contribution in [0.1, 0.15) is 60.8 Å². The molecule has 4 heteroatoms. The van der Waals surface area contributed by atoms with E-state index in [1.54, 1.807) is 0 Å². The summed E-state index contributed by atoms with van der Waals surface area (Å²) < 4.78 is 17.6. The monoisotopic (exact) mass is 290 g/mol. The highest BCUT2D eigenvalue weighted by Crippen LogP contribution is 2.09. The molecule has 0 aromatic rings. The summed E-state index contributed by atoms with van der Waals surface area (Å²) in [6.07, 6.45) is 3.41. The summed E-state index contributed by atoms with van der Waals surface area (Å²) in [5.74, 6) is 1.73. The van der Waals surface area contributed by atoms with Gasteiger partial charge in [0.05, 0.1) is 0 Å². The molecule has 3 atom stereocenters. The van der Waals surface area contributed by atoms with Gasteiger partial charge in [-0.25, -0.2) is 0 Å². The van der Waals surface area contributed by atoms with Gasteiger partial charge in [-0.05, 0) is 17.8 Å². The molecule has 0 aromatic heterocycles. The summed E-state index contributed by atoms with van der Waals surface area (Å²) >= 11 is 0. The maximum atomic E-state index is 5.88. The lowest BCUT2D eigenvalue weighted by molar-refractivity contribution is 0.0621. The Morgan fingerprint density at radius 3 is 1.11 bits per heavy atom. The van der Waals surface area contributed by atoms with Crippen LogP contribution < -0.4 is 0 Å². The van der Waals surface area contributed by atoms with Crippen LogP contribution in [0.4, 0.5) is 0 Å². The first-order valence-corrected chi connectivity index (χ1v) is 9.29. The molecular weight excluding hydrogens is 256 g/mol. The molecule has 0 spiro atoms. The fourth-order valence-corrected chi connectivity index (χ4v) is 2.97. The van der Waals surface area contributed by atoms with Gasteiger partial charge in [-0.1, -0.05) is 60.8 Å². The lowest BCUT2D eigenvalue weighted by Crippen LogP contribution is -2.32. The lowest BCUT2D eigenvalue weighted by atomic mass is 10.1. The Morgan fingerprint density at radius 1 is 0.632 bits per heavy atom. The van der Waals surface area contributed by atoms with E-state index in [0.717, 1.165) is 39.1 Å². The van der Waals surface area contributed by atoms with Gasteiger partial charge in [0.1, 0.15) is 0 Å². The van der Waals surface area contributed by atoms with Gasteiger partial charge in [-0.3, -0.25) is 0 Å². The third-order valence-electron chi connectivity index (χ3n) is 3.64. The van der Waals surface area contributed by atoms with Gasteiger partial charge >= 0.3 is 9.53 Å². The van der Waals surface area contributed by atoms with Crippen LogP contribution in [0.2, 0.25) is 0 Å². The van der Waals surface area contributed by atoms with Crippen molar-refractivity contribution in [2.75, 3.05) is 19.8 Å². The third-order valence-corrected chi connectivity index (χ3v) is 5.04. The van der Waals surface area contributed by atoms with Crippen molar-refractivity contribution in [1.29, 1.82) is 0 Å². The predicted octanol–water partition coefficient (Wildman–Crippen LogP) is 3.89. The van der Waals surface area contributed by atoms with Crippen molar-refractivity contribution in [2.24, 2.45) is 17.8 Å². The van der Waals surface area contributed by atoms with E-state index < -0.39 is 9.53 Å². The van der Waals surface area contributed by atoms with Gasteiger partial charge in [-0.15, -0.1) is 0 Å². The fraction of sp³-hybridized carbons (Fsp3) is 1.00. The van der Waals surface area contributed by atoms with E-state index in [0.29, 0.717) is 17.8 Å². The van der Waals surface area contributed by atoms with Crippen LogP contribution in [-0.2, 0) is 13.3 Å². The summed E-state index contributed by atoms with van der Waals surface area (Å²) in [7, 11) is -1.94. The van der Waals surface area contributed by atoms with Crippen molar-refractivity contribution in [2.45, 2.75) is 60.8 Å². The van der Waals surface area contributed by atoms with Gasteiger partial charge in [0.25, 0.3) is 0 Å². The molecule has 0 saturated heterocycles. The molecule has 3 unspecified atom stereocenters. The molecule has 0 radical (unpaired) electrons. The molecule has 0 aliphatic rings. The van der Waals surface area contributed by atoms with Crippen molar-refractivity contribution < 1.29 is 13.3 Å². The number of rotatable bonds is 12. The maximum Gasteiger partial charge on any atom is 0.484 e. The van der Waals surface area contributed by atoms with E-state index in [1.165, 1.54) is 0 Å². The van der Waals surface area contributed by atoms with Gasteiger partial charge in [-0.2, -0.15) is 0 Å². The first-order chi connectivity index (χ1) is 9.03. The fourth-order valence-electron chi connectivity index (χ4n) is 1.23. The molecule has 19 heavy (non-hydrogen) atoms. The van der Waals surface area contributed by atoms with E-state index in [9.17, 15) is 0 Å². The molecule has 0 amide bonds. The molecule has 0 aliphatic heterocycles. The van der Waals surface area contributed by atoms with Crippen LogP contribution in [0, 0.1) is 17.8 Å². The first-order valence-electron chi connectivity index (χ1n) is 7.88. The highest BCUT2D eigenvalue weighted by atomic mass is 28.3. The zero-order chi connectivity index (χ0) is 14.7. The van der Waals surface area contributed by atoms with Crippen LogP contribution in [0.3, 0.4) is 0 Å². The lowest BCUT2D eigenvalue weighted by Gasteiger charge is -2.21. The largest absolute Gasteiger partial charge is 0.484 e. The summed E-state index contributed by atoms with van der Waals surface area (Å²) in [6.45, 7) is 15.4. The van der Waals surface area contributed by atoms with Crippen molar-refractivity contribution in [3.8, 4) is 0 Å². The second kappa shape index (κ2) is 11.9. The Hall–Kier alpha value is 0.0969. The molecule has 0 heterocycles. The van der Waals surface area contributed by atoms with Gasteiger partial charge in [0, 0.05) is 19.8 Å². The minimum Gasteiger partial charge on any atom is -0.376 e. The molecule has 0 fully saturated rings. The van der Waals surface area contributed by atoms with E-state index in [2.05, 4.69) is 41.5 Å². The molecule has 3 nitrogen and oxygen atoms in total. The minimum atomic E-state index is -1.94. The van der Waals surface area contributed by atoms with Gasteiger partial charge < -0.3 is 13.3 Å². The van der Waals surface area contributed by atoms with Crippen molar-refractivity contribution in [1.82, 2.24) is 0 Å². The Kier molecular flexibility index (Phi) is 11.9. The summed E-state index contributed by atoms with van der Waals surface area (Å²) in [6, 6.07) is 0. The summed E-state index contributed by atoms with van der Waals surface area (Å²) in [4.78, 5) is 0. The predicted molar refractivity (Wildman–Crippen MR) is 83.4 cm³/mol. The zero-order valence-corrected chi connectivity index (χ0v) is 14.9. The van der Waals surface area contributed by atoms with E-state index in [-0.39, 0.29) is 0 Å². The van der Waals surface area contributed by atoms with E-state index in [4.69, 9.17) is 13.3 Å². The molecule has 0 aromatic carbocycles. The second-order valence-corrected chi connectivity index (χ2v) is 7.41. The zero-order valence-electron chi connectivity index (χ0n) is 13.8. The van der Waals surface area contributed by atoms with Crippen molar-refractivity contribution >= 4 is 9.53 Å². The molecule has 0 aliphatic carbocycles. The minimum absolute atomic E-state index is 0.578. The first kappa shape index (κ1) is 19.1. The Labute approximate surface area is 122 Å². The number of hydrogen-bond acceptors (Lipinski definition) is 3. The van der Waals surface area contributed by atoms with E-state index in [1.807, 2.05) is 0 Å². The molecule has 0 bridgehead atoms. The van der Waals surface area contributed by atoms with Crippen molar-refractivity contribution in [3.63, 3.8) is 0 Å². The quantitative estimate of drug-likeness (QED) is 0.510. The molecule has 0 N–H and O–H groups in total. The second-order valence-electron chi connectivity index (χ2n) is 5.83. The van der Waals surface area contributed by atoms with E-state index >= 15 is 0 Å². The Balaban J connectivity index is 4.06. The van der Waals surface area contributed by atoms with Crippen LogP contribution >= 0.6 is 0 Å². The standard InChI is InChI=1S/C15H34O3Si/c1-7-13(4)10-16-19(17-11-14(5)8-2)18-12-15(6)9-3/h13-15,19H,7-12H2,1-6H3. The van der Waals surface area contributed by atoms with Crippen LogP contribution in [0.25, 0.3) is 0 Å². The maximum absolute atomic E-state index is 5.88. The Morgan fingerprint density at radius 2 is 0.895 bits per heavy atom. The van der Waals surface area contributed by atoms with Crippen molar-refractivity contribution in [3.05, 3.63) is 0 Å². The molecule has 0 rings (SSSR count). The van der Waals surface area contributed by atoms with Crippen LogP contribution in [-0.4, -0.2) is 29.3 Å². The molecule has 116 valence electrons. The average Bonchev–Trinajstić information content (AvgIpc) is 2.44. The van der Waals surface area contributed by atoms with Crippen LogP contribution in [0.5, 0.6) is 0 Å². The average molecular weight is 291 g/mol. The SMILES string of the molecule is CCC(C)CO[SiH](OCC(C)CC)OCC(C)CC. The molecular formula is C15H34O3Si. The van der Waals surface area contributed by atoms with Gasteiger partial charge in [0.2, 0.25) is 0 Å². The Bertz CT molecular complexity index is 169. The highest BCUT2D eigenvalue weighted by Gasteiger charge is 2.18.